The highest BCUT2D eigenvalue weighted by molar-refractivity contribution is 5.39. The van der Waals surface area contributed by atoms with E-state index in [1.54, 1.807) is 13.8 Å². The number of aromatic nitrogens is 5. The van der Waals surface area contributed by atoms with E-state index in [1.165, 1.54) is 6.33 Å². The van der Waals surface area contributed by atoms with Gasteiger partial charge in [-0.3, -0.25) is 5.10 Å². The zero-order chi connectivity index (χ0) is 10.2. The summed E-state index contributed by atoms with van der Waals surface area (Å²) in [5.41, 5.74) is 5.13. The maximum absolute atomic E-state index is 5.78. The third-order valence-corrected chi connectivity index (χ3v) is 1.60. The van der Waals surface area contributed by atoms with Gasteiger partial charge in [0.2, 0.25) is 11.7 Å². The molecule has 0 aliphatic rings. The first-order valence-corrected chi connectivity index (χ1v) is 4.06. The molecule has 2 aromatic heterocycles. The van der Waals surface area contributed by atoms with Crippen LogP contribution in [0.2, 0.25) is 0 Å². The first-order valence-electron chi connectivity index (χ1n) is 4.06. The van der Waals surface area contributed by atoms with Crippen molar-refractivity contribution in [3.8, 4) is 11.6 Å². The first kappa shape index (κ1) is 8.82. The summed E-state index contributed by atoms with van der Waals surface area (Å²) in [7, 11) is 0. The van der Waals surface area contributed by atoms with Gasteiger partial charge >= 0.3 is 0 Å². The number of nitrogens with one attached hydrogen (secondary N) is 1. The summed E-state index contributed by atoms with van der Waals surface area (Å²) >= 11 is 0. The van der Waals surface area contributed by atoms with Crippen molar-refractivity contribution in [3.05, 3.63) is 12.2 Å². The van der Waals surface area contributed by atoms with E-state index >= 15 is 0 Å². The largest absolute Gasteiger partial charge is 0.337 e. The molecule has 7 nitrogen and oxygen atoms in total. The van der Waals surface area contributed by atoms with Gasteiger partial charge in [0.15, 0.2) is 5.82 Å². The highest BCUT2D eigenvalue weighted by atomic mass is 16.5. The maximum Gasteiger partial charge on any atom is 0.246 e. The third-order valence-electron chi connectivity index (χ3n) is 1.60. The van der Waals surface area contributed by atoms with E-state index in [2.05, 4.69) is 25.3 Å². The summed E-state index contributed by atoms with van der Waals surface area (Å²) in [5, 5.41) is 10.0. The minimum absolute atomic E-state index is 0.357. The SMILES string of the molecule is CC(C)(N)c1nc(-c2ncn[nH]2)no1. The van der Waals surface area contributed by atoms with Crippen LogP contribution in [0.5, 0.6) is 0 Å². The third kappa shape index (κ3) is 1.49. The average molecular weight is 194 g/mol. The second-order valence-electron chi connectivity index (χ2n) is 3.48. The van der Waals surface area contributed by atoms with Crippen molar-refractivity contribution >= 4 is 0 Å². The van der Waals surface area contributed by atoms with E-state index in [4.69, 9.17) is 10.3 Å². The molecule has 0 atom stereocenters. The van der Waals surface area contributed by atoms with E-state index < -0.39 is 5.54 Å². The quantitative estimate of drug-likeness (QED) is 0.699. The molecule has 2 heterocycles. The predicted molar refractivity (Wildman–Crippen MR) is 46.9 cm³/mol. The second kappa shape index (κ2) is 2.88. The summed E-state index contributed by atoms with van der Waals surface area (Å²) in [6.07, 6.45) is 1.37. The van der Waals surface area contributed by atoms with Gasteiger partial charge in [-0.2, -0.15) is 10.1 Å². The van der Waals surface area contributed by atoms with E-state index in [0.29, 0.717) is 17.5 Å². The average Bonchev–Trinajstić information content (AvgIpc) is 2.73. The predicted octanol–water partition coefficient (Wildman–Crippen LogP) is 0.0485. The smallest absolute Gasteiger partial charge is 0.246 e. The Morgan fingerprint density at radius 3 is 2.79 bits per heavy atom. The van der Waals surface area contributed by atoms with Gasteiger partial charge in [0.1, 0.15) is 6.33 Å². The molecule has 0 amide bonds. The molecule has 2 rings (SSSR count). The van der Waals surface area contributed by atoms with Gasteiger partial charge in [-0.05, 0) is 13.8 Å². The van der Waals surface area contributed by atoms with Crippen molar-refractivity contribution in [2.75, 3.05) is 0 Å². The Hall–Kier alpha value is -1.76. The van der Waals surface area contributed by atoms with Crippen LogP contribution in [0.4, 0.5) is 0 Å². The number of nitrogens with two attached hydrogens (primary N) is 1. The van der Waals surface area contributed by atoms with Crippen LogP contribution in [0.3, 0.4) is 0 Å². The van der Waals surface area contributed by atoms with Crippen molar-refractivity contribution in [3.63, 3.8) is 0 Å². The Labute approximate surface area is 79.7 Å². The van der Waals surface area contributed by atoms with E-state index in [9.17, 15) is 0 Å². The zero-order valence-electron chi connectivity index (χ0n) is 7.85. The van der Waals surface area contributed by atoms with Crippen LogP contribution in [0.1, 0.15) is 19.7 Å². The Balaban J connectivity index is 2.36. The molecule has 0 spiro atoms. The normalized spacial score (nSPS) is 11.9. The van der Waals surface area contributed by atoms with Crippen LogP contribution in [0.15, 0.2) is 10.9 Å². The summed E-state index contributed by atoms with van der Waals surface area (Å²) in [4.78, 5) is 7.98. The number of hydrogen-bond acceptors (Lipinski definition) is 6. The Morgan fingerprint density at radius 1 is 1.50 bits per heavy atom. The number of rotatable bonds is 2. The molecule has 2 aromatic rings. The highest BCUT2D eigenvalue weighted by Gasteiger charge is 2.23. The second-order valence-corrected chi connectivity index (χ2v) is 3.48. The van der Waals surface area contributed by atoms with E-state index in [1.807, 2.05) is 0 Å². The summed E-state index contributed by atoms with van der Waals surface area (Å²) in [6.45, 7) is 3.56. The van der Waals surface area contributed by atoms with Crippen molar-refractivity contribution in [1.82, 2.24) is 25.3 Å². The lowest BCUT2D eigenvalue weighted by Crippen LogP contribution is -2.28. The van der Waals surface area contributed by atoms with Crippen LogP contribution < -0.4 is 5.73 Å². The summed E-state index contributed by atoms with van der Waals surface area (Å²) in [6, 6.07) is 0. The van der Waals surface area contributed by atoms with Crippen LogP contribution >= 0.6 is 0 Å². The monoisotopic (exact) mass is 194 g/mol. The van der Waals surface area contributed by atoms with Gasteiger partial charge in [-0.25, -0.2) is 4.98 Å². The number of H-pyrrole nitrogens is 1. The lowest BCUT2D eigenvalue weighted by molar-refractivity contribution is 0.312. The minimum atomic E-state index is -0.648. The van der Waals surface area contributed by atoms with E-state index in [-0.39, 0.29) is 0 Å². The number of nitrogens with zero attached hydrogens (tertiary/aromatic N) is 4. The summed E-state index contributed by atoms with van der Waals surface area (Å²) in [5.74, 6) is 1.18. The van der Waals surface area contributed by atoms with Gasteiger partial charge in [-0.1, -0.05) is 5.16 Å². The van der Waals surface area contributed by atoms with Crippen molar-refractivity contribution in [2.45, 2.75) is 19.4 Å². The van der Waals surface area contributed by atoms with Gasteiger partial charge < -0.3 is 10.3 Å². The molecule has 0 aliphatic carbocycles. The molecule has 7 heteroatoms. The molecule has 0 fully saturated rings. The van der Waals surface area contributed by atoms with Crippen LogP contribution in [-0.2, 0) is 5.54 Å². The Morgan fingerprint density at radius 2 is 2.29 bits per heavy atom. The molecule has 3 N–H and O–H groups in total. The fraction of sp³-hybridized carbons (Fsp3) is 0.429. The maximum atomic E-state index is 5.78. The van der Waals surface area contributed by atoms with Gasteiger partial charge in [0, 0.05) is 0 Å². The Bertz CT molecular complexity index is 412. The van der Waals surface area contributed by atoms with Crippen molar-refractivity contribution in [2.24, 2.45) is 5.73 Å². The molecular weight excluding hydrogens is 184 g/mol. The molecule has 0 saturated heterocycles. The highest BCUT2D eigenvalue weighted by Crippen LogP contribution is 2.17. The van der Waals surface area contributed by atoms with Gasteiger partial charge in [0.25, 0.3) is 0 Å². The molecule has 0 radical (unpaired) electrons. The molecular formula is C7H10N6O. The topological polar surface area (TPSA) is 107 Å². The zero-order valence-corrected chi connectivity index (χ0v) is 7.85. The first-order chi connectivity index (χ1) is 6.57. The fourth-order valence-electron chi connectivity index (χ4n) is 0.895. The molecule has 74 valence electrons. The van der Waals surface area contributed by atoms with Crippen LogP contribution in [-0.4, -0.2) is 25.3 Å². The minimum Gasteiger partial charge on any atom is -0.337 e. The van der Waals surface area contributed by atoms with Crippen molar-refractivity contribution < 1.29 is 4.52 Å². The lowest BCUT2D eigenvalue weighted by Gasteiger charge is -2.10. The Kier molecular flexibility index (Phi) is 1.81. The standard InChI is InChI=1S/C7H10N6O/c1-7(2,8)6-11-5(13-14-6)4-9-3-10-12-4/h3H,8H2,1-2H3,(H,9,10,12). The molecule has 14 heavy (non-hydrogen) atoms. The molecule has 0 unspecified atom stereocenters. The lowest BCUT2D eigenvalue weighted by atomic mass is 10.1. The molecule has 0 bridgehead atoms. The van der Waals surface area contributed by atoms with Gasteiger partial charge in [-0.15, -0.1) is 0 Å². The van der Waals surface area contributed by atoms with Crippen LogP contribution in [0.25, 0.3) is 11.6 Å². The van der Waals surface area contributed by atoms with Gasteiger partial charge in [0.05, 0.1) is 5.54 Å². The molecule has 0 aromatic carbocycles. The van der Waals surface area contributed by atoms with E-state index in [0.717, 1.165) is 0 Å². The number of hydrogen-bond donors (Lipinski definition) is 2. The number of aromatic amines is 1. The molecule has 0 saturated carbocycles. The summed E-state index contributed by atoms with van der Waals surface area (Å²) < 4.78 is 4.98. The molecule has 0 aliphatic heterocycles. The van der Waals surface area contributed by atoms with Crippen molar-refractivity contribution in [1.29, 1.82) is 0 Å². The fourth-order valence-corrected chi connectivity index (χ4v) is 0.895. The van der Waals surface area contributed by atoms with Crippen LogP contribution in [0, 0.1) is 0 Å².